The zero-order valence-electron chi connectivity index (χ0n) is 17.8. The van der Waals surface area contributed by atoms with Crippen molar-refractivity contribution in [3.63, 3.8) is 0 Å². The molecule has 0 amide bonds. The van der Waals surface area contributed by atoms with E-state index in [2.05, 4.69) is 91.0 Å². The van der Waals surface area contributed by atoms with Crippen molar-refractivity contribution in [1.29, 1.82) is 0 Å². The average molecular weight is 421 g/mol. The monoisotopic (exact) mass is 421 g/mol. The summed E-state index contributed by atoms with van der Waals surface area (Å²) in [5, 5.41) is 4.66. The molecule has 0 aliphatic heterocycles. The van der Waals surface area contributed by atoms with E-state index in [1.165, 1.54) is 21.9 Å². The Hall–Kier alpha value is -4.43. The summed E-state index contributed by atoms with van der Waals surface area (Å²) in [6, 6.07) is 40.3. The highest BCUT2D eigenvalue weighted by atomic mass is 16.3. The molecule has 0 spiro atoms. The van der Waals surface area contributed by atoms with Gasteiger partial charge in [0, 0.05) is 16.3 Å². The van der Waals surface area contributed by atoms with E-state index in [-0.39, 0.29) is 0 Å². The Bertz CT molecular complexity index is 1810. The molecule has 7 rings (SSSR count). The first kappa shape index (κ1) is 18.2. The Labute approximate surface area is 190 Å². The van der Waals surface area contributed by atoms with Gasteiger partial charge in [-0.1, -0.05) is 91.0 Å². The van der Waals surface area contributed by atoms with E-state index in [1.807, 2.05) is 24.3 Å². The van der Waals surface area contributed by atoms with Crippen molar-refractivity contribution in [3.05, 3.63) is 115 Å². The molecule has 0 radical (unpaired) electrons. The molecular weight excluding hydrogens is 402 g/mol. The Kier molecular flexibility index (Phi) is 3.88. The Morgan fingerprint density at radius 2 is 1.18 bits per heavy atom. The molecule has 2 nitrogen and oxygen atoms in total. The maximum absolute atomic E-state index is 6.35. The van der Waals surface area contributed by atoms with Gasteiger partial charge in [-0.2, -0.15) is 0 Å². The number of fused-ring (bicyclic) bond motifs is 5. The van der Waals surface area contributed by atoms with Gasteiger partial charge in [0.05, 0.1) is 5.52 Å². The molecule has 2 heterocycles. The zero-order valence-corrected chi connectivity index (χ0v) is 17.8. The first-order valence-corrected chi connectivity index (χ1v) is 11.1. The summed E-state index contributed by atoms with van der Waals surface area (Å²) in [6.45, 7) is 0. The standard InChI is InChI=1S/C31H19NO/c1-2-8-23-19-24(18-15-20(23)7-1)21-13-16-22(17-14-21)29-25-9-3-5-11-27(25)32-30-26-10-4-6-12-28(26)33-31(29)30/h1-19H. The van der Waals surface area contributed by atoms with Gasteiger partial charge in [-0.25, -0.2) is 4.98 Å². The van der Waals surface area contributed by atoms with Gasteiger partial charge in [0.1, 0.15) is 11.1 Å². The largest absolute Gasteiger partial charge is 0.454 e. The van der Waals surface area contributed by atoms with Crippen LogP contribution in [-0.4, -0.2) is 4.98 Å². The number of hydrogen-bond donors (Lipinski definition) is 0. The maximum atomic E-state index is 6.35. The number of aromatic nitrogens is 1. The fraction of sp³-hybridized carbons (Fsp3) is 0. The normalized spacial score (nSPS) is 11.6. The number of para-hydroxylation sites is 2. The predicted molar refractivity (Wildman–Crippen MR) is 137 cm³/mol. The molecule has 0 aliphatic carbocycles. The van der Waals surface area contributed by atoms with Gasteiger partial charge >= 0.3 is 0 Å². The summed E-state index contributed by atoms with van der Waals surface area (Å²) in [7, 11) is 0. The third-order valence-corrected chi connectivity index (χ3v) is 6.46. The van der Waals surface area contributed by atoms with E-state index < -0.39 is 0 Å². The van der Waals surface area contributed by atoms with Crippen LogP contribution in [0.4, 0.5) is 0 Å². The first-order chi connectivity index (χ1) is 16.3. The molecule has 5 aromatic carbocycles. The van der Waals surface area contributed by atoms with Crippen LogP contribution in [0.1, 0.15) is 0 Å². The molecule has 154 valence electrons. The number of benzene rings is 5. The molecule has 33 heavy (non-hydrogen) atoms. The summed E-state index contributed by atoms with van der Waals surface area (Å²) < 4.78 is 6.35. The van der Waals surface area contributed by atoms with Crippen LogP contribution >= 0.6 is 0 Å². The summed E-state index contributed by atoms with van der Waals surface area (Å²) >= 11 is 0. The van der Waals surface area contributed by atoms with Gasteiger partial charge in [-0.05, 0) is 51.7 Å². The highest BCUT2D eigenvalue weighted by Crippen LogP contribution is 2.39. The smallest absolute Gasteiger partial charge is 0.162 e. The number of nitrogens with zero attached hydrogens (tertiary/aromatic N) is 1. The average Bonchev–Trinajstić information content (AvgIpc) is 3.25. The first-order valence-electron chi connectivity index (χ1n) is 11.1. The van der Waals surface area contributed by atoms with E-state index in [9.17, 15) is 0 Å². The Morgan fingerprint density at radius 3 is 2.06 bits per heavy atom. The summed E-state index contributed by atoms with van der Waals surface area (Å²) in [5.74, 6) is 0. The van der Waals surface area contributed by atoms with E-state index in [0.717, 1.165) is 44.1 Å². The number of hydrogen-bond acceptors (Lipinski definition) is 2. The quantitative estimate of drug-likeness (QED) is 0.279. The number of pyridine rings is 1. The minimum absolute atomic E-state index is 0.841. The minimum Gasteiger partial charge on any atom is -0.454 e. The van der Waals surface area contributed by atoms with Crippen LogP contribution < -0.4 is 0 Å². The van der Waals surface area contributed by atoms with Crippen molar-refractivity contribution in [3.8, 4) is 22.3 Å². The van der Waals surface area contributed by atoms with Crippen molar-refractivity contribution in [2.75, 3.05) is 0 Å². The van der Waals surface area contributed by atoms with E-state index in [1.54, 1.807) is 0 Å². The van der Waals surface area contributed by atoms with Crippen LogP contribution in [0.3, 0.4) is 0 Å². The lowest BCUT2D eigenvalue weighted by molar-refractivity contribution is 0.670. The molecule has 2 aromatic heterocycles. The second-order valence-corrected chi connectivity index (χ2v) is 8.42. The van der Waals surface area contributed by atoms with E-state index in [0.29, 0.717) is 0 Å². The van der Waals surface area contributed by atoms with Crippen LogP contribution in [0, 0.1) is 0 Å². The molecule has 0 bridgehead atoms. The van der Waals surface area contributed by atoms with Crippen molar-refractivity contribution >= 4 is 43.7 Å². The topological polar surface area (TPSA) is 26.0 Å². The summed E-state index contributed by atoms with van der Waals surface area (Å²) in [6.07, 6.45) is 0. The molecule has 0 saturated carbocycles. The molecule has 2 heteroatoms. The molecule has 0 N–H and O–H groups in total. The second-order valence-electron chi connectivity index (χ2n) is 8.42. The molecule has 0 aliphatic rings. The lowest BCUT2D eigenvalue weighted by Crippen LogP contribution is -1.87. The van der Waals surface area contributed by atoms with Gasteiger partial charge < -0.3 is 4.42 Å². The van der Waals surface area contributed by atoms with Gasteiger partial charge in [0.15, 0.2) is 5.58 Å². The maximum Gasteiger partial charge on any atom is 0.162 e. The highest BCUT2D eigenvalue weighted by molar-refractivity contribution is 6.14. The van der Waals surface area contributed by atoms with Crippen molar-refractivity contribution in [1.82, 2.24) is 4.98 Å². The van der Waals surface area contributed by atoms with E-state index in [4.69, 9.17) is 9.40 Å². The molecule has 0 atom stereocenters. The number of furan rings is 1. The number of rotatable bonds is 2. The highest BCUT2D eigenvalue weighted by Gasteiger charge is 2.17. The van der Waals surface area contributed by atoms with Gasteiger partial charge in [0.25, 0.3) is 0 Å². The fourth-order valence-electron chi connectivity index (χ4n) is 4.82. The van der Waals surface area contributed by atoms with Crippen molar-refractivity contribution in [2.45, 2.75) is 0 Å². The molecular formula is C31H19NO. The van der Waals surface area contributed by atoms with Crippen LogP contribution in [0.25, 0.3) is 66.0 Å². The van der Waals surface area contributed by atoms with E-state index >= 15 is 0 Å². The second kappa shape index (κ2) is 7.04. The molecule has 0 unspecified atom stereocenters. The minimum atomic E-state index is 0.841. The predicted octanol–water partition coefficient (Wildman–Crippen LogP) is 8.62. The lowest BCUT2D eigenvalue weighted by Gasteiger charge is -2.10. The molecule has 0 saturated heterocycles. The van der Waals surface area contributed by atoms with Crippen molar-refractivity contribution in [2.24, 2.45) is 0 Å². The third-order valence-electron chi connectivity index (χ3n) is 6.46. The van der Waals surface area contributed by atoms with Gasteiger partial charge in [-0.15, -0.1) is 0 Å². The third kappa shape index (κ3) is 2.85. The summed E-state index contributed by atoms with van der Waals surface area (Å²) in [4.78, 5) is 4.95. The van der Waals surface area contributed by atoms with Crippen LogP contribution in [0.2, 0.25) is 0 Å². The SMILES string of the molecule is c1ccc2cc(-c3ccc(-c4c5ccccc5nc5c4oc4ccccc45)cc3)ccc2c1. The van der Waals surface area contributed by atoms with Gasteiger partial charge in [-0.3, -0.25) is 0 Å². The fourth-order valence-corrected chi connectivity index (χ4v) is 4.82. The Morgan fingerprint density at radius 1 is 0.515 bits per heavy atom. The molecule has 0 fully saturated rings. The summed E-state index contributed by atoms with van der Waals surface area (Å²) in [5.41, 5.74) is 8.23. The Balaban J connectivity index is 1.44. The lowest BCUT2D eigenvalue weighted by atomic mass is 9.96. The van der Waals surface area contributed by atoms with Crippen LogP contribution in [0.15, 0.2) is 120 Å². The molecule has 7 aromatic rings. The zero-order chi connectivity index (χ0) is 21.8. The van der Waals surface area contributed by atoms with Crippen LogP contribution in [-0.2, 0) is 0 Å². The van der Waals surface area contributed by atoms with Gasteiger partial charge in [0.2, 0.25) is 0 Å². The van der Waals surface area contributed by atoms with Crippen LogP contribution in [0.5, 0.6) is 0 Å². The van der Waals surface area contributed by atoms with Crippen molar-refractivity contribution < 1.29 is 4.42 Å².